The van der Waals surface area contributed by atoms with Crippen LogP contribution in [-0.2, 0) is 4.79 Å². The first-order valence-corrected chi connectivity index (χ1v) is 8.79. The largest absolute Gasteiger partial charge is 0.321 e. The van der Waals surface area contributed by atoms with Crippen LogP contribution in [0.15, 0.2) is 12.1 Å². The van der Waals surface area contributed by atoms with Gasteiger partial charge in [0.05, 0.1) is 6.04 Å². The number of nitrogens with zero attached hydrogens (tertiary/aromatic N) is 1. The van der Waals surface area contributed by atoms with E-state index in [1.807, 2.05) is 23.6 Å². The van der Waals surface area contributed by atoms with E-state index in [1.54, 1.807) is 11.3 Å². The van der Waals surface area contributed by atoms with Gasteiger partial charge in [0, 0.05) is 21.5 Å². The molecule has 1 fully saturated rings. The van der Waals surface area contributed by atoms with Crippen LogP contribution in [0.2, 0.25) is 0 Å². The number of thiophene rings is 1. The van der Waals surface area contributed by atoms with E-state index < -0.39 is 0 Å². The maximum atomic E-state index is 12.3. The van der Waals surface area contributed by atoms with Crippen LogP contribution in [-0.4, -0.2) is 34.9 Å². The topological polar surface area (TPSA) is 32.3 Å². The van der Waals surface area contributed by atoms with Crippen LogP contribution < -0.4 is 5.32 Å². The van der Waals surface area contributed by atoms with Crippen molar-refractivity contribution in [2.45, 2.75) is 44.6 Å². The van der Waals surface area contributed by atoms with Crippen molar-refractivity contribution in [3.05, 3.63) is 21.9 Å². The van der Waals surface area contributed by atoms with Crippen LogP contribution in [0.4, 0.5) is 0 Å². The molecule has 0 aromatic carbocycles. The molecular formula is C14H22N2OS2. The number of amides is 1. The van der Waals surface area contributed by atoms with Gasteiger partial charge in [-0.25, -0.2) is 0 Å². The average Bonchev–Trinajstić information content (AvgIpc) is 2.93. The van der Waals surface area contributed by atoms with E-state index in [9.17, 15) is 4.79 Å². The van der Waals surface area contributed by atoms with Gasteiger partial charge in [0.1, 0.15) is 6.17 Å². The van der Waals surface area contributed by atoms with E-state index in [0.29, 0.717) is 5.25 Å². The monoisotopic (exact) mass is 298 g/mol. The zero-order valence-corrected chi connectivity index (χ0v) is 13.6. The number of nitrogens with one attached hydrogen (secondary N) is 1. The average molecular weight is 298 g/mol. The van der Waals surface area contributed by atoms with E-state index in [0.717, 1.165) is 13.0 Å². The summed E-state index contributed by atoms with van der Waals surface area (Å²) < 4.78 is 0. The van der Waals surface area contributed by atoms with E-state index in [2.05, 4.69) is 37.6 Å². The number of carbonyl (C=O) groups excluding carboxylic acids is 1. The lowest BCUT2D eigenvalue weighted by Crippen LogP contribution is -2.32. The van der Waals surface area contributed by atoms with E-state index in [-0.39, 0.29) is 18.1 Å². The third-order valence-electron chi connectivity index (χ3n) is 3.58. The highest BCUT2D eigenvalue weighted by molar-refractivity contribution is 7.99. The Kier molecular flexibility index (Phi) is 4.92. The van der Waals surface area contributed by atoms with E-state index in [4.69, 9.17) is 0 Å². The van der Waals surface area contributed by atoms with Crippen molar-refractivity contribution in [2.24, 2.45) is 0 Å². The minimum Gasteiger partial charge on any atom is -0.321 e. The molecule has 19 heavy (non-hydrogen) atoms. The van der Waals surface area contributed by atoms with Gasteiger partial charge in [-0.3, -0.25) is 10.1 Å². The number of rotatable bonds is 5. The third-order valence-corrected chi connectivity index (χ3v) is 5.68. The Morgan fingerprint density at radius 3 is 2.84 bits per heavy atom. The number of thioether (sulfide) groups is 1. The molecule has 1 aromatic rings. The van der Waals surface area contributed by atoms with E-state index in [1.165, 1.54) is 9.75 Å². The molecule has 1 N–H and O–H groups in total. The van der Waals surface area contributed by atoms with Crippen molar-refractivity contribution in [3.8, 4) is 0 Å². The number of hydrogen-bond acceptors (Lipinski definition) is 4. The van der Waals surface area contributed by atoms with Gasteiger partial charge in [-0.2, -0.15) is 11.8 Å². The fourth-order valence-electron chi connectivity index (χ4n) is 2.29. The fourth-order valence-corrected chi connectivity index (χ4v) is 3.58. The predicted octanol–water partition coefficient (Wildman–Crippen LogP) is 3.02. The molecule has 1 amide bonds. The quantitative estimate of drug-likeness (QED) is 0.907. The highest BCUT2D eigenvalue weighted by Crippen LogP contribution is 2.30. The third kappa shape index (κ3) is 3.33. The minimum atomic E-state index is -0.0722. The zero-order chi connectivity index (χ0) is 14.0. The molecule has 1 aliphatic heterocycles. The molecule has 5 heteroatoms. The van der Waals surface area contributed by atoms with Crippen molar-refractivity contribution < 1.29 is 4.79 Å². The van der Waals surface area contributed by atoms with Crippen molar-refractivity contribution in [3.63, 3.8) is 0 Å². The molecule has 0 spiro atoms. The van der Waals surface area contributed by atoms with Gasteiger partial charge in [-0.15, -0.1) is 11.3 Å². The van der Waals surface area contributed by atoms with Gasteiger partial charge < -0.3 is 4.90 Å². The van der Waals surface area contributed by atoms with Crippen LogP contribution in [0.25, 0.3) is 0 Å². The molecule has 3 unspecified atom stereocenters. The van der Waals surface area contributed by atoms with Gasteiger partial charge in [0.25, 0.3) is 0 Å². The lowest BCUT2D eigenvalue weighted by atomic mass is 10.2. The lowest BCUT2D eigenvalue weighted by Gasteiger charge is -2.24. The smallest absolute Gasteiger partial charge is 0.241 e. The summed E-state index contributed by atoms with van der Waals surface area (Å²) in [5.74, 6) is 0.226. The summed E-state index contributed by atoms with van der Waals surface area (Å²) in [4.78, 5) is 16.8. The first kappa shape index (κ1) is 14.9. The van der Waals surface area contributed by atoms with Crippen LogP contribution in [0.3, 0.4) is 0 Å². The molecule has 1 aliphatic rings. The van der Waals surface area contributed by atoms with Crippen molar-refractivity contribution in [2.75, 3.05) is 12.8 Å². The van der Waals surface area contributed by atoms with Crippen LogP contribution >= 0.6 is 23.1 Å². The minimum absolute atomic E-state index is 0.0651. The maximum absolute atomic E-state index is 12.3. The molecular weight excluding hydrogens is 276 g/mol. The fraction of sp³-hybridized carbons (Fsp3) is 0.643. The highest BCUT2D eigenvalue weighted by atomic mass is 32.2. The summed E-state index contributed by atoms with van der Waals surface area (Å²) in [7, 11) is 0. The first-order valence-electron chi connectivity index (χ1n) is 6.68. The molecule has 1 saturated heterocycles. The summed E-state index contributed by atoms with van der Waals surface area (Å²) in [6.45, 7) is 7.11. The molecule has 2 rings (SSSR count). The Labute approximate surface area is 123 Å². The molecule has 106 valence electrons. The second kappa shape index (κ2) is 6.29. The van der Waals surface area contributed by atoms with Crippen molar-refractivity contribution >= 4 is 29.0 Å². The second-order valence-corrected chi connectivity index (χ2v) is 7.70. The Morgan fingerprint density at radius 2 is 2.26 bits per heavy atom. The second-order valence-electron chi connectivity index (χ2n) is 5.11. The molecule has 1 aromatic heterocycles. The molecule has 0 bridgehead atoms. The summed E-state index contributed by atoms with van der Waals surface area (Å²) in [6, 6.07) is 4.18. The normalized spacial score (nSPS) is 25.1. The Morgan fingerprint density at radius 1 is 1.53 bits per heavy atom. The van der Waals surface area contributed by atoms with Gasteiger partial charge in [0.2, 0.25) is 5.91 Å². The van der Waals surface area contributed by atoms with Gasteiger partial charge in [-0.05, 0) is 38.7 Å². The summed E-state index contributed by atoms with van der Waals surface area (Å²) in [5.41, 5.74) is 0. The summed E-state index contributed by atoms with van der Waals surface area (Å²) in [5, 5.41) is 4.00. The number of carbonyl (C=O) groups is 1. The van der Waals surface area contributed by atoms with Gasteiger partial charge >= 0.3 is 0 Å². The van der Waals surface area contributed by atoms with E-state index >= 15 is 0 Å². The predicted molar refractivity (Wildman–Crippen MR) is 83.7 cm³/mol. The maximum Gasteiger partial charge on any atom is 0.241 e. The molecule has 3 atom stereocenters. The first-order chi connectivity index (χ1) is 9.02. The molecule has 0 aliphatic carbocycles. The zero-order valence-electron chi connectivity index (χ0n) is 12.0. The van der Waals surface area contributed by atoms with Crippen molar-refractivity contribution in [1.29, 1.82) is 0 Å². The number of hydrogen-bond donors (Lipinski definition) is 1. The number of aryl methyl sites for hydroxylation is 1. The standard InChI is InChI=1S/C14H22N2OS2/c1-9(18-4)7-8-16-13(15-11(3)14(16)17)12-6-5-10(2)19-12/h5-6,9,11,13,15H,7-8H2,1-4H3. The van der Waals surface area contributed by atoms with Gasteiger partial charge in [-0.1, -0.05) is 6.92 Å². The Balaban J connectivity index is 2.10. The Hall–Kier alpha value is -0.520. The highest BCUT2D eigenvalue weighted by Gasteiger charge is 2.37. The van der Waals surface area contributed by atoms with Gasteiger partial charge in [0.15, 0.2) is 0 Å². The van der Waals surface area contributed by atoms with Crippen LogP contribution in [0, 0.1) is 6.92 Å². The summed E-state index contributed by atoms with van der Waals surface area (Å²) >= 11 is 3.63. The molecule has 3 nitrogen and oxygen atoms in total. The SMILES string of the molecule is CSC(C)CCN1C(=O)C(C)NC1c1ccc(C)s1. The van der Waals surface area contributed by atoms with Crippen LogP contribution in [0.1, 0.15) is 36.2 Å². The molecule has 0 saturated carbocycles. The molecule has 0 radical (unpaired) electrons. The Bertz CT molecular complexity index is 446. The lowest BCUT2D eigenvalue weighted by molar-refractivity contribution is -0.129. The van der Waals surface area contributed by atoms with Crippen LogP contribution in [0.5, 0.6) is 0 Å². The summed E-state index contributed by atoms with van der Waals surface area (Å²) in [6.07, 6.45) is 3.23. The van der Waals surface area contributed by atoms with Crippen molar-refractivity contribution in [1.82, 2.24) is 10.2 Å². The molecule has 2 heterocycles.